The van der Waals surface area contributed by atoms with E-state index in [2.05, 4.69) is 15.9 Å². The van der Waals surface area contributed by atoms with Crippen LogP contribution in [0.4, 0.5) is 0 Å². The van der Waals surface area contributed by atoms with E-state index in [-0.39, 0.29) is 10.4 Å². The molecule has 110 valence electrons. The number of benzene rings is 1. The lowest BCUT2D eigenvalue weighted by molar-refractivity contribution is -0.0506. The molecule has 1 saturated heterocycles. The Morgan fingerprint density at radius 3 is 2.70 bits per heavy atom. The fraction of sp³-hybridized carbons (Fsp3) is 0.571. The molecule has 2 aliphatic rings. The van der Waals surface area contributed by atoms with Crippen LogP contribution in [0.2, 0.25) is 0 Å². The Morgan fingerprint density at radius 2 is 2.00 bits per heavy atom. The zero-order chi connectivity index (χ0) is 14.4. The number of fused-ring (bicyclic) bond motifs is 1. The van der Waals surface area contributed by atoms with Gasteiger partial charge in [0.1, 0.15) is 0 Å². The van der Waals surface area contributed by atoms with Crippen molar-refractivity contribution in [1.82, 2.24) is 4.47 Å². The number of hydroxylamine groups is 1. The number of nitrogens with zero attached hydrogens (tertiary/aromatic N) is 1. The lowest BCUT2D eigenvalue weighted by Gasteiger charge is -2.34. The quantitative estimate of drug-likeness (QED) is 0.762. The van der Waals surface area contributed by atoms with Gasteiger partial charge in [0.2, 0.25) is 0 Å². The fourth-order valence-corrected chi connectivity index (χ4v) is 5.41. The highest BCUT2D eigenvalue weighted by molar-refractivity contribution is 9.10. The van der Waals surface area contributed by atoms with Gasteiger partial charge in [0.25, 0.3) is 10.0 Å². The Bertz CT molecular complexity index is 601. The van der Waals surface area contributed by atoms with E-state index in [9.17, 15) is 8.42 Å². The standard InChI is InChI=1S/C14H18BrNO3S/c1-11-5-7-12(8-6-11)20(17,18)16-13-4-2-3-9-14(13,15)10-19-16/h5-8,13H,2-4,9-10H2,1H3/t13-,14+/m1/s1. The first-order chi connectivity index (χ1) is 9.43. The summed E-state index contributed by atoms with van der Waals surface area (Å²) < 4.78 is 26.5. The molecule has 2 fully saturated rings. The summed E-state index contributed by atoms with van der Waals surface area (Å²) in [5, 5.41) is 0. The first-order valence-corrected chi connectivity index (χ1v) is 9.10. The van der Waals surface area contributed by atoms with Gasteiger partial charge in [0, 0.05) is 0 Å². The summed E-state index contributed by atoms with van der Waals surface area (Å²) in [6.45, 7) is 2.36. The highest BCUT2D eigenvalue weighted by Crippen LogP contribution is 2.45. The molecular weight excluding hydrogens is 342 g/mol. The minimum absolute atomic E-state index is 0.109. The molecule has 3 rings (SSSR count). The largest absolute Gasteiger partial charge is 0.282 e. The number of sulfonamides is 1. The number of rotatable bonds is 2. The second-order valence-corrected chi connectivity index (χ2v) is 9.00. The van der Waals surface area contributed by atoms with Crippen LogP contribution in [0.25, 0.3) is 0 Å². The summed E-state index contributed by atoms with van der Waals surface area (Å²) in [6, 6.07) is 6.80. The third-order valence-electron chi connectivity index (χ3n) is 4.16. The van der Waals surface area contributed by atoms with Gasteiger partial charge >= 0.3 is 0 Å². The first kappa shape index (κ1) is 14.5. The average Bonchev–Trinajstić information content (AvgIpc) is 2.77. The molecule has 1 aliphatic heterocycles. The van der Waals surface area contributed by atoms with Crippen molar-refractivity contribution in [2.75, 3.05) is 6.61 Å². The summed E-state index contributed by atoms with van der Waals surface area (Å²) in [4.78, 5) is 5.85. The van der Waals surface area contributed by atoms with E-state index in [0.29, 0.717) is 11.5 Å². The van der Waals surface area contributed by atoms with Crippen molar-refractivity contribution >= 4 is 26.0 Å². The minimum atomic E-state index is -3.58. The number of hydrogen-bond donors (Lipinski definition) is 0. The van der Waals surface area contributed by atoms with E-state index in [4.69, 9.17) is 4.84 Å². The number of halogens is 1. The summed E-state index contributed by atoms with van der Waals surface area (Å²) >= 11 is 3.71. The normalized spacial score (nSPS) is 31.2. The second kappa shape index (κ2) is 5.09. The van der Waals surface area contributed by atoms with Crippen molar-refractivity contribution in [3.63, 3.8) is 0 Å². The summed E-state index contributed by atoms with van der Waals surface area (Å²) in [5.74, 6) is 0. The molecule has 0 spiro atoms. The molecule has 0 radical (unpaired) electrons. The molecule has 1 heterocycles. The maximum atomic E-state index is 12.7. The lowest BCUT2D eigenvalue weighted by Crippen LogP contribution is -2.45. The van der Waals surface area contributed by atoms with Crippen LogP contribution >= 0.6 is 15.9 Å². The van der Waals surface area contributed by atoms with E-state index >= 15 is 0 Å². The maximum absolute atomic E-state index is 12.7. The third-order valence-corrected chi connectivity index (χ3v) is 7.01. The van der Waals surface area contributed by atoms with Crippen LogP contribution in [-0.2, 0) is 14.9 Å². The summed E-state index contributed by atoms with van der Waals surface area (Å²) in [6.07, 6.45) is 3.96. The van der Waals surface area contributed by atoms with Gasteiger partial charge in [-0.05, 0) is 31.9 Å². The van der Waals surface area contributed by atoms with Crippen LogP contribution in [0.5, 0.6) is 0 Å². The van der Waals surface area contributed by atoms with E-state index in [1.54, 1.807) is 12.1 Å². The molecule has 0 N–H and O–H groups in total. The van der Waals surface area contributed by atoms with E-state index in [0.717, 1.165) is 31.2 Å². The van der Waals surface area contributed by atoms with Gasteiger partial charge in [-0.3, -0.25) is 4.84 Å². The molecule has 1 saturated carbocycles. The minimum Gasteiger partial charge on any atom is -0.282 e. The van der Waals surface area contributed by atoms with E-state index in [1.165, 1.54) is 4.47 Å². The van der Waals surface area contributed by atoms with Crippen molar-refractivity contribution in [1.29, 1.82) is 0 Å². The number of alkyl halides is 1. The molecule has 20 heavy (non-hydrogen) atoms. The molecule has 4 nitrogen and oxygen atoms in total. The molecule has 0 amide bonds. The molecule has 0 bridgehead atoms. The third kappa shape index (κ3) is 2.32. The predicted molar refractivity (Wildman–Crippen MR) is 80.1 cm³/mol. The Morgan fingerprint density at radius 1 is 1.30 bits per heavy atom. The van der Waals surface area contributed by atoms with Crippen molar-refractivity contribution in [2.24, 2.45) is 0 Å². The molecule has 6 heteroatoms. The van der Waals surface area contributed by atoms with Gasteiger partial charge in [-0.25, -0.2) is 8.42 Å². The SMILES string of the molecule is Cc1ccc(S(=O)(=O)N2OC[C@@]3(Br)CCCC[C@@H]23)cc1. The van der Waals surface area contributed by atoms with Gasteiger partial charge in [-0.15, -0.1) is 0 Å². The number of aryl methyl sites for hydroxylation is 1. The molecule has 0 aromatic heterocycles. The Hall–Kier alpha value is -0.430. The fourth-order valence-electron chi connectivity index (χ4n) is 2.96. The van der Waals surface area contributed by atoms with E-state index < -0.39 is 10.0 Å². The van der Waals surface area contributed by atoms with Crippen molar-refractivity contribution in [2.45, 2.75) is 47.9 Å². The molecule has 0 unspecified atom stereocenters. The van der Waals surface area contributed by atoms with Gasteiger partial charge in [0.05, 0.1) is 21.9 Å². The van der Waals surface area contributed by atoms with Crippen LogP contribution in [0.3, 0.4) is 0 Å². The van der Waals surface area contributed by atoms with Crippen LogP contribution < -0.4 is 0 Å². The van der Waals surface area contributed by atoms with Gasteiger partial charge in [0.15, 0.2) is 0 Å². The Balaban J connectivity index is 1.94. The second-order valence-electron chi connectivity index (χ2n) is 5.64. The van der Waals surface area contributed by atoms with Crippen LogP contribution in [-0.4, -0.2) is 29.9 Å². The van der Waals surface area contributed by atoms with Crippen molar-refractivity contribution in [3.05, 3.63) is 29.8 Å². The van der Waals surface area contributed by atoms with Gasteiger partial charge in [-0.1, -0.05) is 50.9 Å². The summed E-state index contributed by atoms with van der Waals surface area (Å²) in [7, 11) is -3.58. The van der Waals surface area contributed by atoms with Crippen LogP contribution in [0.1, 0.15) is 31.2 Å². The average molecular weight is 360 g/mol. The van der Waals surface area contributed by atoms with E-state index in [1.807, 2.05) is 19.1 Å². The molecule has 1 aromatic carbocycles. The zero-order valence-corrected chi connectivity index (χ0v) is 13.8. The van der Waals surface area contributed by atoms with Gasteiger partial charge in [-0.2, -0.15) is 0 Å². The predicted octanol–water partition coefficient (Wildman–Crippen LogP) is 3.01. The Kier molecular flexibility index (Phi) is 3.69. The first-order valence-electron chi connectivity index (χ1n) is 6.86. The monoisotopic (exact) mass is 359 g/mol. The van der Waals surface area contributed by atoms with Gasteiger partial charge < -0.3 is 0 Å². The lowest BCUT2D eigenvalue weighted by atomic mass is 9.86. The van der Waals surface area contributed by atoms with Crippen molar-refractivity contribution < 1.29 is 13.3 Å². The number of hydrogen-bond acceptors (Lipinski definition) is 3. The van der Waals surface area contributed by atoms with Crippen LogP contribution in [0, 0.1) is 6.92 Å². The van der Waals surface area contributed by atoms with Crippen LogP contribution in [0.15, 0.2) is 29.2 Å². The summed E-state index contributed by atoms with van der Waals surface area (Å²) in [5.41, 5.74) is 1.04. The zero-order valence-electron chi connectivity index (χ0n) is 11.4. The topological polar surface area (TPSA) is 46.6 Å². The van der Waals surface area contributed by atoms with Crippen molar-refractivity contribution in [3.8, 4) is 0 Å². The molecular formula is C14H18BrNO3S. The molecule has 1 aliphatic carbocycles. The molecule has 1 aromatic rings. The maximum Gasteiger partial charge on any atom is 0.265 e. The highest BCUT2D eigenvalue weighted by atomic mass is 79.9. The highest BCUT2D eigenvalue weighted by Gasteiger charge is 2.52. The smallest absolute Gasteiger partial charge is 0.265 e. The molecule has 2 atom stereocenters. The Labute approximate surface area is 128 Å².